The van der Waals surface area contributed by atoms with Gasteiger partial charge in [-0.2, -0.15) is 8.42 Å². The first kappa shape index (κ1) is 26.8. The van der Waals surface area contributed by atoms with Gasteiger partial charge in [0, 0.05) is 22.8 Å². The molecule has 2 aromatic carbocycles. The molecule has 3 N–H and O–H groups in total. The Balaban J connectivity index is 1.86. The van der Waals surface area contributed by atoms with Gasteiger partial charge in [-0.05, 0) is 36.2 Å². The van der Waals surface area contributed by atoms with Gasteiger partial charge in [0.15, 0.2) is 0 Å². The summed E-state index contributed by atoms with van der Waals surface area (Å²) < 4.78 is 43.9. The van der Waals surface area contributed by atoms with Crippen LogP contribution in [0.25, 0.3) is 0 Å². The van der Waals surface area contributed by atoms with Gasteiger partial charge in [0.1, 0.15) is 11.5 Å². The lowest BCUT2D eigenvalue weighted by molar-refractivity contribution is -0.128. The number of anilines is 1. The van der Waals surface area contributed by atoms with Gasteiger partial charge in [0.2, 0.25) is 5.91 Å². The number of thioether (sulfide) groups is 1. The summed E-state index contributed by atoms with van der Waals surface area (Å²) in [6.45, 7) is 5.55. The highest BCUT2D eigenvalue weighted by Gasteiger charge is 2.31. The maximum Gasteiger partial charge on any atom is 0.357 e. The molecule has 2 aromatic rings. The van der Waals surface area contributed by atoms with Gasteiger partial charge in [-0.25, -0.2) is 0 Å². The Kier molecular flexibility index (Phi) is 8.34. The average molecular weight is 522 g/mol. The summed E-state index contributed by atoms with van der Waals surface area (Å²) >= 11 is 1.59. The summed E-state index contributed by atoms with van der Waals surface area (Å²) in [5, 5.41) is 3.94. The van der Waals surface area contributed by atoms with Crippen molar-refractivity contribution < 1.29 is 27.2 Å². The third-order valence-electron chi connectivity index (χ3n) is 5.40. The largest absolute Gasteiger partial charge is 0.497 e. The maximum atomic E-state index is 12.8. The van der Waals surface area contributed by atoms with Gasteiger partial charge in [0.25, 0.3) is 0 Å². The van der Waals surface area contributed by atoms with Crippen molar-refractivity contribution in [2.24, 2.45) is 10.4 Å². The monoisotopic (exact) mass is 521 g/mol. The summed E-state index contributed by atoms with van der Waals surface area (Å²) in [5.41, 5.74) is 1.48. The predicted molar refractivity (Wildman–Crippen MR) is 139 cm³/mol. The number of nitrogens with zero attached hydrogens (tertiary/aromatic N) is 1. The molecule has 0 saturated heterocycles. The van der Waals surface area contributed by atoms with E-state index in [9.17, 15) is 13.2 Å². The zero-order chi connectivity index (χ0) is 25.8. The highest BCUT2D eigenvalue weighted by atomic mass is 32.2. The fourth-order valence-corrected chi connectivity index (χ4v) is 5.07. The van der Waals surface area contributed by atoms with E-state index in [4.69, 9.17) is 19.0 Å². The van der Waals surface area contributed by atoms with Crippen LogP contribution < -0.4 is 19.5 Å². The van der Waals surface area contributed by atoms with Crippen LogP contribution in [0.1, 0.15) is 37.9 Å². The van der Waals surface area contributed by atoms with Gasteiger partial charge >= 0.3 is 10.3 Å². The van der Waals surface area contributed by atoms with Crippen LogP contribution in [0.2, 0.25) is 0 Å². The van der Waals surface area contributed by atoms with Gasteiger partial charge in [0.05, 0.1) is 37.0 Å². The minimum atomic E-state index is -4.35. The first-order valence-corrected chi connectivity index (χ1v) is 13.4. The van der Waals surface area contributed by atoms with Crippen molar-refractivity contribution in [2.75, 3.05) is 24.7 Å². The smallest absolute Gasteiger partial charge is 0.357 e. The van der Waals surface area contributed by atoms with E-state index in [0.29, 0.717) is 23.7 Å². The van der Waals surface area contributed by atoms with Crippen LogP contribution in [0.5, 0.6) is 11.5 Å². The van der Waals surface area contributed by atoms with Crippen LogP contribution in [0.4, 0.5) is 5.69 Å². The van der Waals surface area contributed by atoms with E-state index >= 15 is 0 Å². The Morgan fingerprint density at radius 3 is 2.43 bits per heavy atom. The molecule has 0 saturated carbocycles. The fourth-order valence-electron chi connectivity index (χ4n) is 3.50. The molecule has 0 bridgehead atoms. The van der Waals surface area contributed by atoms with E-state index in [2.05, 4.69) is 5.32 Å². The van der Waals surface area contributed by atoms with Crippen molar-refractivity contribution in [2.45, 2.75) is 39.3 Å². The Bertz CT molecular complexity index is 1190. The molecule has 1 aliphatic rings. The number of rotatable bonds is 9. The first-order chi connectivity index (χ1) is 16.4. The number of hydrogen-bond donors (Lipinski definition) is 3. The lowest BCUT2D eigenvalue weighted by atomic mass is 9.94. The maximum absolute atomic E-state index is 12.8. The minimum Gasteiger partial charge on any atom is -0.497 e. The third kappa shape index (κ3) is 7.36. The van der Waals surface area contributed by atoms with Crippen LogP contribution in [0.3, 0.4) is 0 Å². The fraction of sp³-hybridized carbons (Fsp3) is 0.417. The number of ether oxygens (including phenoxy) is 2. The van der Waals surface area contributed by atoms with Crippen molar-refractivity contribution in [3.05, 3.63) is 53.6 Å². The molecular formula is C24H31N3O6S2. The molecule has 0 aromatic heterocycles. The second-order valence-corrected chi connectivity index (χ2v) is 11.4. The highest BCUT2D eigenvalue weighted by molar-refractivity contribution is 8.14. The molecule has 1 unspecified atom stereocenters. The SMILES string of the molecule is COc1ccc(C2CSC([C@H](Cc3ccc(NS(=O)(=O)O)cc3)NC(=O)C(C)(C)C)=N2)c(OC)c1. The Hall–Kier alpha value is -2.76. The lowest BCUT2D eigenvalue weighted by Crippen LogP contribution is -2.45. The minimum absolute atomic E-state index is 0.0964. The van der Waals surface area contributed by atoms with Crippen LogP contribution in [0.15, 0.2) is 47.5 Å². The van der Waals surface area contributed by atoms with E-state index in [1.54, 1.807) is 50.2 Å². The molecule has 1 aliphatic heterocycles. The zero-order valence-electron chi connectivity index (χ0n) is 20.4. The normalized spacial score (nSPS) is 16.9. The van der Waals surface area contributed by atoms with Crippen LogP contribution in [-0.2, 0) is 21.5 Å². The first-order valence-electron chi connectivity index (χ1n) is 11.0. The predicted octanol–water partition coefficient (Wildman–Crippen LogP) is 3.88. The molecule has 9 nitrogen and oxygen atoms in total. The van der Waals surface area contributed by atoms with Crippen molar-refractivity contribution >= 4 is 38.7 Å². The quantitative estimate of drug-likeness (QED) is 0.428. The summed E-state index contributed by atoms with van der Waals surface area (Å²) in [5.74, 6) is 2.00. The van der Waals surface area contributed by atoms with E-state index < -0.39 is 15.7 Å². The zero-order valence-corrected chi connectivity index (χ0v) is 22.0. The van der Waals surface area contributed by atoms with Crippen molar-refractivity contribution in [1.82, 2.24) is 5.32 Å². The Morgan fingerprint density at radius 1 is 1.17 bits per heavy atom. The Morgan fingerprint density at radius 2 is 1.86 bits per heavy atom. The number of nitrogens with one attached hydrogen (secondary N) is 2. The number of carbonyl (C=O) groups is 1. The molecule has 1 amide bonds. The summed E-state index contributed by atoms with van der Waals surface area (Å²) in [4.78, 5) is 17.8. The number of hydrogen-bond acceptors (Lipinski definition) is 7. The second-order valence-electron chi connectivity index (χ2n) is 9.16. The van der Waals surface area contributed by atoms with Crippen molar-refractivity contribution in [3.8, 4) is 11.5 Å². The molecule has 0 fully saturated rings. The number of aliphatic imine (C=N–C) groups is 1. The molecule has 11 heteroatoms. The van der Waals surface area contributed by atoms with Crippen LogP contribution >= 0.6 is 11.8 Å². The second kappa shape index (κ2) is 10.9. The molecule has 35 heavy (non-hydrogen) atoms. The van der Waals surface area contributed by atoms with E-state index in [-0.39, 0.29) is 23.7 Å². The number of carbonyl (C=O) groups excluding carboxylic acids is 1. The molecule has 0 spiro atoms. The molecule has 1 heterocycles. The van der Waals surface area contributed by atoms with E-state index in [1.165, 1.54) is 0 Å². The van der Waals surface area contributed by atoms with Crippen LogP contribution in [0, 0.1) is 5.41 Å². The topological polar surface area (TPSA) is 126 Å². The van der Waals surface area contributed by atoms with Gasteiger partial charge in [-0.1, -0.05) is 32.9 Å². The van der Waals surface area contributed by atoms with Gasteiger partial charge in [-0.3, -0.25) is 19.1 Å². The standard InChI is InChI=1S/C24H31N3O6S2/c1-24(2,3)23(28)26-19(12-15-6-8-16(9-7-15)27-35(29,30)31)22-25-20(14-34-22)18-11-10-17(32-4)13-21(18)33-5/h6-11,13,19-20,27H,12,14H2,1-5H3,(H,26,28)(H,29,30,31)/t19-,20?/m0/s1. The third-order valence-corrected chi connectivity index (χ3v) is 7.06. The van der Waals surface area contributed by atoms with Crippen molar-refractivity contribution in [1.29, 1.82) is 0 Å². The summed E-state index contributed by atoms with van der Waals surface area (Å²) in [7, 11) is -1.14. The lowest BCUT2D eigenvalue weighted by Gasteiger charge is -2.24. The average Bonchev–Trinajstić information content (AvgIpc) is 3.27. The summed E-state index contributed by atoms with van der Waals surface area (Å²) in [6.07, 6.45) is 0.465. The molecule has 0 aliphatic carbocycles. The Labute approximate surface area is 210 Å². The van der Waals surface area contributed by atoms with Crippen molar-refractivity contribution in [3.63, 3.8) is 0 Å². The van der Waals surface area contributed by atoms with Crippen LogP contribution in [-0.4, -0.2) is 49.9 Å². The molecule has 0 radical (unpaired) electrons. The number of benzene rings is 2. The molecule has 3 rings (SSSR count). The van der Waals surface area contributed by atoms with Gasteiger partial charge in [-0.15, -0.1) is 11.8 Å². The molecular weight excluding hydrogens is 490 g/mol. The van der Waals surface area contributed by atoms with E-state index in [1.807, 2.05) is 43.7 Å². The highest BCUT2D eigenvalue weighted by Crippen LogP contribution is 2.38. The van der Waals surface area contributed by atoms with E-state index in [0.717, 1.165) is 16.2 Å². The summed E-state index contributed by atoms with van der Waals surface area (Å²) in [6, 6.07) is 11.8. The molecule has 190 valence electrons. The number of amides is 1. The van der Waals surface area contributed by atoms with Gasteiger partial charge < -0.3 is 14.8 Å². The number of methoxy groups -OCH3 is 2. The molecule has 2 atom stereocenters.